The number of rotatable bonds is 10. The number of allylic oxidation sites excluding steroid dienone is 2. The fourth-order valence-corrected chi connectivity index (χ4v) is 2.51. The molecule has 0 saturated carbocycles. The highest BCUT2D eigenvalue weighted by atomic mass is 16.5. The van der Waals surface area contributed by atoms with Crippen LogP contribution >= 0.6 is 0 Å². The summed E-state index contributed by atoms with van der Waals surface area (Å²) in [5.74, 6) is 0.740. The summed E-state index contributed by atoms with van der Waals surface area (Å²) in [6.45, 7) is 1.88. The van der Waals surface area contributed by atoms with Crippen LogP contribution in [0.1, 0.15) is 32.1 Å². The van der Waals surface area contributed by atoms with Crippen molar-refractivity contribution in [1.29, 1.82) is 0 Å². The van der Waals surface area contributed by atoms with Crippen LogP contribution in [0.3, 0.4) is 0 Å². The first kappa shape index (κ1) is 18.1. The van der Waals surface area contributed by atoms with Crippen LogP contribution in [0.25, 0.3) is 0 Å². The second-order valence-electron chi connectivity index (χ2n) is 6.01. The molecule has 0 atom stereocenters. The van der Waals surface area contributed by atoms with Crippen LogP contribution in [-0.2, 0) is 9.53 Å². The summed E-state index contributed by atoms with van der Waals surface area (Å²) in [6.07, 6.45) is 11.0. The molecule has 0 aliphatic carbocycles. The van der Waals surface area contributed by atoms with Crippen LogP contribution in [0, 0.1) is 0 Å². The summed E-state index contributed by atoms with van der Waals surface area (Å²) in [6, 6.07) is 9.90. The fourth-order valence-electron chi connectivity index (χ4n) is 2.51. The van der Waals surface area contributed by atoms with Crippen LogP contribution in [0.2, 0.25) is 0 Å². The Labute approximate surface area is 144 Å². The summed E-state index contributed by atoms with van der Waals surface area (Å²) in [5, 5.41) is 0. The van der Waals surface area contributed by atoms with Gasteiger partial charge in [-0.1, -0.05) is 37.5 Å². The van der Waals surface area contributed by atoms with E-state index in [9.17, 15) is 4.79 Å². The Morgan fingerprint density at radius 1 is 1.04 bits per heavy atom. The van der Waals surface area contributed by atoms with E-state index in [1.54, 1.807) is 0 Å². The summed E-state index contributed by atoms with van der Waals surface area (Å²) < 4.78 is 11.0. The van der Waals surface area contributed by atoms with Gasteiger partial charge in [-0.15, -0.1) is 0 Å². The van der Waals surface area contributed by atoms with E-state index in [0.717, 1.165) is 50.0 Å². The van der Waals surface area contributed by atoms with Gasteiger partial charge in [0.1, 0.15) is 5.75 Å². The van der Waals surface area contributed by atoms with Crippen molar-refractivity contribution >= 4 is 5.97 Å². The number of carbonyl (C=O) groups excluding carboxylic acids is 1. The largest absolute Gasteiger partial charge is 0.494 e. The molecule has 1 aromatic rings. The number of benzene rings is 1. The van der Waals surface area contributed by atoms with Crippen molar-refractivity contribution in [3.8, 4) is 5.75 Å². The molecule has 2 rings (SSSR count). The van der Waals surface area contributed by atoms with Crippen molar-refractivity contribution < 1.29 is 14.3 Å². The van der Waals surface area contributed by atoms with Crippen molar-refractivity contribution in [3.63, 3.8) is 0 Å². The topological polar surface area (TPSA) is 38.8 Å². The Kier molecular flexibility index (Phi) is 7.94. The van der Waals surface area contributed by atoms with Gasteiger partial charge in [-0.05, 0) is 43.3 Å². The van der Waals surface area contributed by atoms with Gasteiger partial charge in [0.15, 0.2) is 0 Å². The fraction of sp³-hybridized carbons (Fsp3) is 0.450. The molecule has 0 spiro atoms. The van der Waals surface area contributed by atoms with Crippen molar-refractivity contribution in [1.82, 2.24) is 4.90 Å². The van der Waals surface area contributed by atoms with Gasteiger partial charge in [0.2, 0.25) is 0 Å². The van der Waals surface area contributed by atoms with Crippen LogP contribution < -0.4 is 4.74 Å². The molecule has 0 bridgehead atoms. The van der Waals surface area contributed by atoms with Crippen molar-refractivity contribution in [2.75, 3.05) is 26.8 Å². The zero-order valence-electron chi connectivity index (χ0n) is 14.4. The monoisotopic (exact) mass is 329 g/mol. The highest BCUT2D eigenvalue weighted by Crippen LogP contribution is 2.11. The van der Waals surface area contributed by atoms with E-state index in [2.05, 4.69) is 0 Å². The molecular weight excluding hydrogens is 302 g/mol. The quantitative estimate of drug-likeness (QED) is 0.481. The third-order valence-electron chi connectivity index (χ3n) is 3.85. The molecule has 1 aliphatic heterocycles. The van der Waals surface area contributed by atoms with Gasteiger partial charge in [0.05, 0.1) is 18.8 Å². The van der Waals surface area contributed by atoms with Gasteiger partial charge in [-0.3, -0.25) is 0 Å². The Balaban J connectivity index is 1.43. The summed E-state index contributed by atoms with van der Waals surface area (Å²) in [5.41, 5.74) is 0.720. The van der Waals surface area contributed by atoms with Gasteiger partial charge in [-0.2, -0.15) is 0 Å². The predicted octanol–water partition coefficient (Wildman–Crippen LogP) is 3.94. The maximum absolute atomic E-state index is 11.9. The molecule has 0 unspecified atom stereocenters. The molecule has 0 fully saturated rings. The number of carbonyl (C=O) groups is 1. The van der Waals surface area contributed by atoms with E-state index in [0.29, 0.717) is 13.2 Å². The third-order valence-corrected chi connectivity index (χ3v) is 3.85. The summed E-state index contributed by atoms with van der Waals surface area (Å²) in [7, 11) is 1.94. The SMILES string of the molecule is CN1C=CC=C(C(=O)OCCCCCCCOc2ccccc2)C1. The van der Waals surface area contributed by atoms with Crippen LogP contribution in [-0.4, -0.2) is 37.7 Å². The average molecular weight is 329 g/mol. The van der Waals surface area contributed by atoms with E-state index >= 15 is 0 Å². The van der Waals surface area contributed by atoms with Gasteiger partial charge in [0, 0.05) is 13.6 Å². The maximum Gasteiger partial charge on any atom is 0.335 e. The summed E-state index contributed by atoms with van der Waals surface area (Å²) in [4.78, 5) is 13.9. The molecule has 0 N–H and O–H groups in total. The number of hydrogen-bond acceptors (Lipinski definition) is 4. The van der Waals surface area contributed by atoms with E-state index in [-0.39, 0.29) is 5.97 Å². The van der Waals surface area contributed by atoms with Crippen LogP contribution in [0.5, 0.6) is 5.75 Å². The summed E-state index contributed by atoms with van der Waals surface area (Å²) >= 11 is 0. The lowest BCUT2D eigenvalue weighted by atomic mass is 10.1. The maximum atomic E-state index is 11.9. The number of hydrogen-bond donors (Lipinski definition) is 0. The minimum Gasteiger partial charge on any atom is -0.494 e. The molecule has 4 heteroatoms. The number of para-hydroxylation sites is 1. The first-order chi connectivity index (χ1) is 11.8. The molecule has 0 amide bonds. The van der Waals surface area contributed by atoms with Gasteiger partial charge in [0.25, 0.3) is 0 Å². The van der Waals surface area contributed by atoms with E-state index in [4.69, 9.17) is 9.47 Å². The Bertz CT molecular complexity index is 551. The van der Waals surface area contributed by atoms with E-state index < -0.39 is 0 Å². The first-order valence-corrected chi connectivity index (χ1v) is 8.68. The normalized spacial score (nSPS) is 13.5. The van der Waals surface area contributed by atoms with Crippen LogP contribution in [0.4, 0.5) is 0 Å². The Morgan fingerprint density at radius 3 is 2.50 bits per heavy atom. The van der Waals surface area contributed by atoms with Crippen molar-refractivity contribution in [2.45, 2.75) is 32.1 Å². The standard InChI is InChI=1S/C20H27NO3/c1-21-14-10-11-18(17-21)20(22)24-16-9-4-2-3-8-15-23-19-12-6-5-7-13-19/h5-7,10-14H,2-4,8-9,15-17H2,1H3. The molecule has 0 aromatic heterocycles. The molecule has 1 heterocycles. The molecule has 24 heavy (non-hydrogen) atoms. The zero-order valence-corrected chi connectivity index (χ0v) is 14.4. The number of likely N-dealkylation sites (N-methyl/N-ethyl adjacent to an activating group) is 1. The average Bonchev–Trinajstić information content (AvgIpc) is 2.61. The van der Waals surface area contributed by atoms with Gasteiger partial charge in [-0.25, -0.2) is 4.79 Å². The minimum atomic E-state index is -0.192. The number of ether oxygens (including phenoxy) is 2. The highest BCUT2D eigenvalue weighted by Gasteiger charge is 2.13. The van der Waals surface area contributed by atoms with Gasteiger partial charge >= 0.3 is 5.97 Å². The molecular formula is C20H27NO3. The first-order valence-electron chi connectivity index (χ1n) is 8.68. The second-order valence-corrected chi connectivity index (χ2v) is 6.01. The Morgan fingerprint density at radius 2 is 1.75 bits per heavy atom. The molecule has 0 radical (unpaired) electrons. The van der Waals surface area contributed by atoms with Crippen molar-refractivity contribution in [3.05, 3.63) is 54.3 Å². The van der Waals surface area contributed by atoms with Crippen molar-refractivity contribution in [2.24, 2.45) is 0 Å². The number of nitrogens with zero attached hydrogens (tertiary/aromatic N) is 1. The van der Waals surface area contributed by atoms with Gasteiger partial charge < -0.3 is 14.4 Å². The zero-order chi connectivity index (χ0) is 17.0. The van der Waals surface area contributed by atoms with E-state index in [1.807, 2.05) is 60.6 Å². The number of unbranched alkanes of at least 4 members (excludes halogenated alkanes) is 4. The molecule has 4 nitrogen and oxygen atoms in total. The lowest BCUT2D eigenvalue weighted by molar-refractivity contribution is -0.139. The smallest absolute Gasteiger partial charge is 0.335 e. The lowest BCUT2D eigenvalue weighted by Gasteiger charge is -2.18. The second kappa shape index (κ2) is 10.5. The third kappa shape index (κ3) is 6.90. The predicted molar refractivity (Wildman–Crippen MR) is 95.8 cm³/mol. The molecule has 130 valence electrons. The lowest BCUT2D eigenvalue weighted by Crippen LogP contribution is -2.23. The Hall–Kier alpha value is -2.23. The van der Waals surface area contributed by atoms with Crippen LogP contribution in [0.15, 0.2) is 54.3 Å². The van der Waals surface area contributed by atoms with E-state index in [1.165, 1.54) is 0 Å². The highest BCUT2D eigenvalue weighted by molar-refractivity contribution is 5.89. The molecule has 1 aromatic carbocycles. The number of esters is 1. The molecule has 1 aliphatic rings. The minimum absolute atomic E-state index is 0.192. The molecule has 0 saturated heterocycles.